The van der Waals surface area contributed by atoms with Crippen LogP contribution in [0.4, 0.5) is 14.5 Å². The van der Waals surface area contributed by atoms with Gasteiger partial charge >= 0.3 is 0 Å². The molecule has 0 unspecified atom stereocenters. The SMILES string of the molecule is O=C1NC[C@]2(F)CN(Cc3ccc(Cl)c([N+](=O)[O-])c3)C[C@]12F. The van der Waals surface area contributed by atoms with E-state index in [0.717, 1.165) is 0 Å². The number of hydrogen-bond acceptors (Lipinski definition) is 4. The number of carbonyl (C=O) groups excluding carboxylic acids is 1. The van der Waals surface area contributed by atoms with E-state index in [1.165, 1.54) is 17.0 Å². The summed E-state index contributed by atoms with van der Waals surface area (Å²) in [6.45, 7) is -0.896. The summed E-state index contributed by atoms with van der Waals surface area (Å²) in [5, 5.41) is 13.0. The molecule has 1 aromatic carbocycles. The zero-order chi connectivity index (χ0) is 16.1. The third kappa shape index (κ3) is 2.14. The first-order valence-corrected chi connectivity index (χ1v) is 6.94. The van der Waals surface area contributed by atoms with Crippen molar-refractivity contribution in [2.75, 3.05) is 19.6 Å². The predicted molar refractivity (Wildman–Crippen MR) is 74.1 cm³/mol. The third-order valence-corrected chi connectivity index (χ3v) is 4.45. The summed E-state index contributed by atoms with van der Waals surface area (Å²) < 4.78 is 29.1. The molecule has 2 atom stereocenters. The van der Waals surface area contributed by atoms with Gasteiger partial charge in [-0.15, -0.1) is 0 Å². The molecule has 3 rings (SSSR count). The van der Waals surface area contributed by atoms with Crippen LogP contribution in [0.25, 0.3) is 0 Å². The first-order valence-electron chi connectivity index (χ1n) is 6.56. The van der Waals surface area contributed by atoms with Gasteiger partial charge in [-0.25, -0.2) is 8.78 Å². The molecule has 2 aliphatic rings. The molecule has 2 saturated heterocycles. The molecule has 0 bridgehead atoms. The lowest BCUT2D eigenvalue weighted by molar-refractivity contribution is -0.384. The largest absolute Gasteiger partial charge is 0.350 e. The van der Waals surface area contributed by atoms with E-state index in [4.69, 9.17) is 11.6 Å². The topological polar surface area (TPSA) is 75.5 Å². The quantitative estimate of drug-likeness (QED) is 0.674. The molecule has 9 heteroatoms. The number of nitro groups is 1. The first-order chi connectivity index (χ1) is 10.2. The average molecular weight is 332 g/mol. The summed E-state index contributed by atoms with van der Waals surface area (Å²) in [6.07, 6.45) is 0. The van der Waals surface area contributed by atoms with Gasteiger partial charge in [0.15, 0.2) is 5.67 Å². The van der Waals surface area contributed by atoms with Crippen molar-refractivity contribution in [2.45, 2.75) is 17.9 Å². The number of benzene rings is 1. The number of likely N-dealkylation sites (tertiary alicyclic amines) is 1. The lowest BCUT2D eigenvalue weighted by atomic mass is 9.93. The molecular weight excluding hydrogens is 320 g/mol. The second kappa shape index (κ2) is 4.85. The van der Waals surface area contributed by atoms with Crippen LogP contribution in [0.3, 0.4) is 0 Å². The van der Waals surface area contributed by atoms with E-state index in [0.29, 0.717) is 5.56 Å². The summed E-state index contributed by atoms with van der Waals surface area (Å²) >= 11 is 5.72. The molecule has 0 spiro atoms. The number of hydrogen-bond donors (Lipinski definition) is 1. The molecule has 0 saturated carbocycles. The molecule has 1 N–H and O–H groups in total. The average Bonchev–Trinajstić information content (AvgIpc) is 2.81. The maximum Gasteiger partial charge on any atom is 0.288 e. The Morgan fingerprint density at radius 3 is 2.77 bits per heavy atom. The molecule has 22 heavy (non-hydrogen) atoms. The number of nitrogens with zero attached hydrogens (tertiary/aromatic N) is 2. The Balaban J connectivity index is 1.80. The molecule has 2 fully saturated rings. The van der Waals surface area contributed by atoms with Gasteiger partial charge in [-0.05, 0) is 11.6 Å². The number of amides is 1. The number of fused-ring (bicyclic) bond motifs is 1. The molecular formula is C13H12ClF2N3O3. The molecule has 0 aromatic heterocycles. The summed E-state index contributed by atoms with van der Waals surface area (Å²) in [4.78, 5) is 23.2. The Kier molecular flexibility index (Phi) is 3.33. The molecule has 0 radical (unpaired) electrons. The van der Waals surface area contributed by atoms with Gasteiger partial charge in [0.25, 0.3) is 11.6 Å². The Morgan fingerprint density at radius 2 is 2.14 bits per heavy atom. The Labute approximate surface area is 129 Å². The van der Waals surface area contributed by atoms with E-state index in [9.17, 15) is 23.7 Å². The van der Waals surface area contributed by atoms with Crippen molar-refractivity contribution in [1.29, 1.82) is 0 Å². The molecule has 2 aliphatic heterocycles. The molecule has 6 nitrogen and oxygen atoms in total. The summed E-state index contributed by atoms with van der Waals surface area (Å²) in [6, 6.07) is 4.20. The van der Waals surface area contributed by atoms with Crippen molar-refractivity contribution in [3.63, 3.8) is 0 Å². The van der Waals surface area contributed by atoms with E-state index < -0.39 is 22.2 Å². The maximum absolute atomic E-state index is 14.5. The van der Waals surface area contributed by atoms with Gasteiger partial charge < -0.3 is 5.32 Å². The van der Waals surface area contributed by atoms with Crippen LogP contribution in [0.5, 0.6) is 0 Å². The number of rotatable bonds is 3. The first kappa shape index (κ1) is 15.1. The smallest absolute Gasteiger partial charge is 0.288 e. The number of alkyl halides is 2. The van der Waals surface area contributed by atoms with Crippen LogP contribution in [0.2, 0.25) is 5.02 Å². The van der Waals surface area contributed by atoms with Gasteiger partial charge in [-0.2, -0.15) is 0 Å². The molecule has 2 heterocycles. The second-order valence-corrected chi connectivity index (χ2v) is 6.04. The number of nitro benzene ring substituents is 1. The Hall–Kier alpha value is -1.80. The summed E-state index contributed by atoms with van der Waals surface area (Å²) in [7, 11) is 0. The van der Waals surface area contributed by atoms with E-state index in [2.05, 4.69) is 5.32 Å². The molecule has 0 aliphatic carbocycles. The highest BCUT2D eigenvalue weighted by Crippen LogP contribution is 2.42. The zero-order valence-electron chi connectivity index (χ0n) is 11.3. The second-order valence-electron chi connectivity index (χ2n) is 5.64. The van der Waals surface area contributed by atoms with E-state index >= 15 is 0 Å². The van der Waals surface area contributed by atoms with Gasteiger partial charge in [-0.3, -0.25) is 19.8 Å². The van der Waals surface area contributed by atoms with Gasteiger partial charge in [0.2, 0.25) is 5.67 Å². The van der Waals surface area contributed by atoms with Gasteiger partial charge in [0.1, 0.15) is 5.02 Å². The minimum Gasteiger partial charge on any atom is -0.350 e. The Bertz CT molecular complexity index is 674. The molecule has 1 amide bonds. The van der Waals surface area contributed by atoms with Crippen LogP contribution in [-0.4, -0.2) is 46.7 Å². The lowest BCUT2D eigenvalue weighted by Crippen LogP contribution is -2.47. The highest BCUT2D eigenvalue weighted by molar-refractivity contribution is 6.32. The van der Waals surface area contributed by atoms with Crippen molar-refractivity contribution >= 4 is 23.2 Å². The van der Waals surface area contributed by atoms with Gasteiger partial charge in [0, 0.05) is 25.7 Å². The third-order valence-electron chi connectivity index (χ3n) is 4.13. The fourth-order valence-electron chi connectivity index (χ4n) is 2.98. The summed E-state index contributed by atoms with van der Waals surface area (Å²) in [5.74, 6) is -0.945. The van der Waals surface area contributed by atoms with E-state index in [-0.39, 0.29) is 36.9 Å². The number of nitrogens with one attached hydrogen (secondary N) is 1. The van der Waals surface area contributed by atoms with Crippen molar-refractivity contribution in [2.24, 2.45) is 0 Å². The van der Waals surface area contributed by atoms with E-state index in [1.807, 2.05) is 0 Å². The van der Waals surface area contributed by atoms with Crippen molar-refractivity contribution in [3.8, 4) is 0 Å². The normalized spacial score (nSPS) is 31.1. The number of halogens is 3. The van der Waals surface area contributed by atoms with Crippen molar-refractivity contribution in [1.82, 2.24) is 10.2 Å². The van der Waals surface area contributed by atoms with Crippen LogP contribution in [0, 0.1) is 10.1 Å². The number of carbonyl (C=O) groups is 1. The monoisotopic (exact) mass is 331 g/mol. The summed E-state index contributed by atoms with van der Waals surface area (Å²) in [5.41, 5.74) is -4.58. The Morgan fingerprint density at radius 1 is 1.41 bits per heavy atom. The van der Waals surface area contributed by atoms with Crippen LogP contribution >= 0.6 is 11.6 Å². The van der Waals surface area contributed by atoms with Crippen LogP contribution in [0.15, 0.2) is 18.2 Å². The van der Waals surface area contributed by atoms with Crippen LogP contribution < -0.4 is 5.32 Å². The maximum atomic E-state index is 14.5. The van der Waals surface area contributed by atoms with Crippen LogP contribution in [0.1, 0.15) is 5.56 Å². The minimum atomic E-state index is -2.56. The van der Waals surface area contributed by atoms with Crippen LogP contribution in [-0.2, 0) is 11.3 Å². The minimum absolute atomic E-state index is 0.00431. The lowest BCUT2D eigenvalue weighted by Gasteiger charge is -2.19. The highest BCUT2D eigenvalue weighted by atomic mass is 35.5. The highest BCUT2D eigenvalue weighted by Gasteiger charge is 2.68. The predicted octanol–water partition coefficient (Wildman–Crippen LogP) is 1.61. The zero-order valence-corrected chi connectivity index (χ0v) is 12.1. The fourth-order valence-corrected chi connectivity index (χ4v) is 3.17. The molecule has 118 valence electrons. The fraction of sp³-hybridized carbons (Fsp3) is 0.462. The standard InChI is InChI=1S/C13H12ClF2N3O3/c14-9-2-1-8(3-10(9)19(21)22)4-18-6-12(15)5-17-11(20)13(12,16)7-18/h1-3H,4-7H2,(H,17,20)/t12-,13-/m0/s1. The molecule has 1 aromatic rings. The van der Waals surface area contributed by atoms with Crippen molar-refractivity contribution < 1.29 is 18.5 Å². The van der Waals surface area contributed by atoms with Crippen molar-refractivity contribution in [3.05, 3.63) is 38.9 Å². The van der Waals surface area contributed by atoms with E-state index in [1.54, 1.807) is 6.07 Å². The van der Waals surface area contributed by atoms with Gasteiger partial charge in [-0.1, -0.05) is 17.7 Å². The van der Waals surface area contributed by atoms with Gasteiger partial charge in [0.05, 0.1) is 11.5 Å².